The lowest BCUT2D eigenvalue weighted by atomic mass is 10.2. The summed E-state index contributed by atoms with van der Waals surface area (Å²) in [6.45, 7) is 1.96. The van der Waals surface area contributed by atoms with Gasteiger partial charge in [-0.15, -0.1) is 11.3 Å². The van der Waals surface area contributed by atoms with Crippen LogP contribution in [0.5, 0.6) is 5.75 Å². The molecule has 0 aliphatic carbocycles. The lowest BCUT2D eigenvalue weighted by molar-refractivity contribution is -0.116. The number of amides is 1. The minimum atomic E-state index is -0.314. The van der Waals surface area contributed by atoms with E-state index in [0.717, 1.165) is 11.4 Å². The van der Waals surface area contributed by atoms with Gasteiger partial charge in [0, 0.05) is 23.3 Å². The van der Waals surface area contributed by atoms with Gasteiger partial charge in [-0.3, -0.25) is 4.79 Å². The van der Waals surface area contributed by atoms with E-state index in [2.05, 4.69) is 15.6 Å². The molecule has 0 saturated heterocycles. The minimum Gasteiger partial charge on any atom is -0.497 e. The van der Waals surface area contributed by atoms with E-state index in [1.54, 1.807) is 13.3 Å². The third-order valence-corrected chi connectivity index (χ3v) is 3.49. The number of nitrogens with one attached hydrogen (secondary N) is 2. The number of aromatic nitrogens is 1. The Balaban J connectivity index is 2.02. The number of benzene rings is 1. The summed E-state index contributed by atoms with van der Waals surface area (Å²) in [5.41, 5.74) is 0.852. The lowest BCUT2D eigenvalue weighted by Crippen LogP contribution is -2.34. The van der Waals surface area contributed by atoms with E-state index in [0.29, 0.717) is 11.6 Å². The quantitative estimate of drug-likeness (QED) is 0.859. The molecule has 6 heteroatoms. The van der Waals surface area contributed by atoms with Crippen molar-refractivity contribution in [2.75, 3.05) is 17.7 Å². The molecule has 0 spiro atoms. The Kier molecular flexibility index (Phi) is 4.95. The van der Waals surface area contributed by atoms with Gasteiger partial charge in [0.25, 0.3) is 0 Å². The van der Waals surface area contributed by atoms with E-state index in [9.17, 15) is 4.79 Å². The van der Waals surface area contributed by atoms with Crippen LogP contribution in [0.1, 0.15) is 13.3 Å². The van der Waals surface area contributed by atoms with Gasteiger partial charge in [0.2, 0.25) is 5.91 Å². The molecule has 0 radical (unpaired) electrons. The lowest BCUT2D eigenvalue weighted by Gasteiger charge is -2.17. The van der Waals surface area contributed by atoms with Crippen LogP contribution < -0.4 is 15.4 Å². The Morgan fingerprint density at radius 3 is 3.00 bits per heavy atom. The van der Waals surface area contributed by atoms with Gasteiger partial charge in [-0.2, -0.15) is 0 Å². The molecule has 1 heterocycles. The molecule has 1 aromatic heterocycles. The number of carbonyl (C=O) groups is 1. The van der Waals surface area contributed by atoms with Gasteiger partial charge in [0.15, 0.2) is 5.13 Å². The molecule has 0 saturated carbocycles. The number of hydrogen-bond donors (Lipinski definition) is 2. The van der Waals surface area contributed by atoms with Gasteiger partial charge >= 0.3 is 0 Å². The fourth-order valence-electron chi connectivity index (χ4n) is 1.74. The predicted molar refractivity (Wildman–Crippen MR) is 81.4 cm³/mol. The third kappa shape index (κ3) is 3.71. The highest BCUT2D eigenvalue weighted by molar-refractivity contribution is 7.13. The molecule has 106 valence electrons. The zero-order chi connectivity index (χ0) is 14.4. The van der Waals surface area contributed by atoms with Crippen LogP contribution in [0, 0.1) is 0 Å². The van der Waals surface area contributed by atoms with Crippen molar-refractivity contribution in [2.45, 2.75) is 19.4 Å². The number of thiazole rings is 1. The average Bonchev–Trinajstić information content (AvgIpc) is 2.97. The maximum atomic E-state index is 12.2. The Hall–Kier alpha value is -2.08. The van der Waals surface area contributed by atoms with Crippen molar-refractivity contribution in [3.63, 3.8) is 0 Å². The second-order valence-corrected chi connectivity index (χ2v) is 5.06. The number of anilines is 2. The van der Waals surface area contributed by atoms with Crippen molar-refractivity contribution in [1.29, 1.82) is 0 Å². The SMILES string of the molecule is CC[C@@H](Nc1cccc(OC)c1)C(=O)Nc1nccs1. The van der Waals surface area contributed by atoms with E-state index in [1.807, 2.05) is 36.6 Å². The predicted octanol–water partition coefficient (Wildman–Crippen LogP) is 2.98. The molecule has 2 N–H and O–H groups in total. The molecular weight excluding hydrogens is 274 g/mol. The summed E-state index contributed by atoms with van der Waals surface area (Å²) in [5, 5.41) is 8.43. The van der Waals surface area contributed by atoms with Crippen molar-refractivity contribution < 1.29 is 9.53 Å². The number of ether oxygens (including phenoxy) is 1. The molecule has 2 rings (SSSR count). The Morgan fingerprint density at radius 2 is 2.35 bits per heavy atom. The van der Waals surface area contributed by atoms with Crippen LogP contribution in [0.15, 0.2) is 35.8 Å². The van der Waals surface area contributed by atoms with E-state index in [4.69, 9.17) is 4.74 Å². The fraction of sp³-hybridized carbons (Fsp3) is 0.286. The van der Waals surface area contributed by atoms with Gasteiger partial charge in [0.05, 0.1) is 7.11 Å². The molecule has 0 aliphatic heterocycles. The van der Waals surface area contributed by atoms with Gasteiger partial charge in [-0.05, 0) is 18.6 Å². The van der Waals surface area contributed by atoms with Gasteiger partial charge < -0.3 is 15.4 Å². The maximum absolute atomic E-state index is 12.2. The van der Waals surface area contributed by atoms with Crippen LogP contribution in [0.2, 0.25) is 0 Å². The monoisotopic (exact) mass is 291 g/mol. The highest BCUT2D eigenvalue weighted by atomic mass is 32.1. The van der Waals surface area contributed by atoms with Crippen LogP contribution in [0.25, 0.3) is 0 Å². The van der Waals surface area contributed by atoms with Crippen LogP contribution in [-0.2, 0) is 4.79 Å². The molecule has 20 heavy (non-hydrogen) atoms. The van der Waals surface area contributed by atoms with Crippen LogP contribution in [0.3, 0.4) is 0 Å². The molecule has 0 aliphatic rings. The number of rotatable bonds is 6. The Morgan fingerprint density at radius 1 is 1.50 bits per heavy atom. The molecule has 1 atom stereocenters. The number of carbonyl (C=O) groups excluding carboxylic acids is 1. The highest BCUT2D eigenvalue weighted by Crippen LogP contribution is 2.19. The molecule has 0 bridgehead atoms. The summed E-state index contributed by atoms with van der Waals surface area (Å²) >= 11 is 1.40. The molecular formula is C14H17N3O2S. The number of methoxy groups -OCH3 is 1. The van der Waals surface area contributed by atoms with Crippen molar-refractivity contribution in [1.82, 2.24) is 4.98 Å². The van der Waals surface area contributed by atoms with E-state index in [1.165, 1.54) is 11.3 Å². The summed E-state index contributed by atoms with van der Waals surface area (Å²) in [7, 11) is 1.62. The fourth-order valence-corrected chi connectivity index (χ4v) is 2.28. The number of nitrogens with zero attached hydrogens (tertiary/aromatic N) is 1. The summed E-state index contributed by atoms with van der Waals surface area (Å²) in [6, 6.07) is 7.20. The average molecular weight is 291 g/mol. The largest absolute Gasteiger partial charge is 0.497 e. The maximum Gasteiger partial charge on any atom is 0.248 e. The van der Waals surface area contributed by atoms with E-state index in [-0.39, 0.29) is 11.9 Å². The minimum absolute atomic E-state index is 0.0923. The second-order valence-electron chi connectivity index (χ2n) is 4.16. The summed E-state index contributed by atoms with van der Waals surface area (Å²) in [4.78, 5) is 16.2. The topological polar surface area (TPSA) is 63.2 Å². The Bertz CT molecular complexity index is 557. The first-order valence-corrected chi connectivity index (χ1v) is 7.22. The normalized spacial score (nSPS) is 11.7. The Labute approximate surface area is 122 Å². The first kappa shape index (κ1) is 14.3. The second kappa shape index (κ2) is 6.91. The van der Waals surface area contributed by atoms with Gasteiger partial charge in [-0.25, -0.2) is 4.98 Å². The standard InChI is InChI=1S/C14H17N3O2S/c1-3-12(13(18)17-14-15-7-8-20-14)16-10-5-4-6-11(9-10)19-2/h4-9,12,16H,3H2,1-2H3,(H,15,17,18)/t12-/m1/s1. The zero-order valence-electron chi connectivity index (χ0n) is 11.4. The van der Waals surface area contributed by atoms with Crippen LogP contribution >= 0.6 is 11.3 Å². The highest BCUT2D eigenvalue weighted by Gasteiger charge is 2.17. The third-order valence-electron chi connectivity index (χ3n) is 2.80. The molecule has 1 amide bonds. The molecule has 0 fully saturated rings. The van der Waals surface area contributed by atoms with Crippen LogP contribution in [-0.4, -0.2) is 24.0 Å². The van der Waals surface area contributed by atoms with E-state index < -0.39 is 0 Å². The van der Waals surface area contributed by atoms with Crippen molar-refractivity contribution in [3.8, 4) is 5.75 Å². The van der Waals surface area contributed by atoms with Gasteiger partial charge in [-0.1, -0.05) is 13.0 Å². The number of hydrogen-bond acceptors (Lipinski definition) is 5. The van der Waals surface area contributed by atoms with Crippen LogP contribution in [0.4, 0.5) is 10.8 Å². The summed E-state index contributed by atoms with van der Waals surface area (Å²) < 4.78 is 5.17. The molecule has 2 aromatic rings. The summed E-state index contributed by atoms with van der Waals surface area (Å²) in [5.74, 6) is 0.662. The smallest absolute Gasteiger partial charge is 0.248 e. The van der Waals surface area contributed by atoms with Gasteiger partial charge in [0.1, 0.15) is 11.8 Å². The molecule has 1 aromatic carbocycles. The summed E-state index contributed by atoms with van der Waals surface area (Å²) in [6.07, 6.45) is 2.34. The van der Waals surface area contributed by atoms with Crippen molar-refractivity contribution in [3.05, 3.63) is 35.8 Å². The molecule has 5 nitrogen and oxygen atoms in total. The first-order chi connectivity index (χ1) is 9.72. The van der Waals surface area contributed by atoms with Crippen molar-refractivity contribution in [2.24, 2.45) is 0 Å². The molecule has 0 unspecified atom stereocenters. The van der Waals surface area contributed by atoms with Crippen molar-refractivity contribution >= 4 is 28.1 Å². The first-order valence-electron chi connectivity index (χ1n) is 6.34. The van der Waals surface area contributed by atoms with E-state index >= 15 is 0 Å². The zero-order valence-corrected chi connectivity index (χ0v) is 12.2.